The lowest BCUT2D eigenvalue weighted by atomic mass is 10.3. The Morgan fingerprint density at radius 2 is 2.00 bits per heavy atom. The van der Waals surface area contributed by atoms with E-state index in [2.05, 4.69) is 10.1 Å². The van der Waals surface area contributed by atoms with E-state index in [1.165, 1.54) is 18.2 Å². The van der Waals surface area contributed by atoms with Gasteiger partial charge in [-0.15, -0.1) is 0 Å². The molecular formula is C11H13F2NO4S. The van der Waals surface area contributed by atoms with Crippen LogP contribution in [0.25, 0.3) is 0 Å². The van der Waals surface area contributed by atoms with Crippen LogP contribution < -0.4 is 5.32 Å². The summed E-state index contributed by atoms with van der Waals surface area (Å²) in [6.07, 6.45) is 0. The van der Waals surface area contributed by atoms with Gasteiger partial charge in [-0.05, 0) is 19.1 Å². The summed E-state index contributed by atoms with van der Waals surface area (Å²) >= 11 is 0. The van der Waals surface area contributed by atoms with Gasteiger partial charge in [0.2, 0.25) is 9.84 Å². The van der Waals surface area contributed by atoms with Gasteiger partial charge >= 0.3 is 11.7 Å². The zero-order valence-electron chi connectivity index (χ0n) is 10.1. The van der Waals surface area contributed by atoms with Crippen molar-refractivity contribution in [3.8, 4) is 0 Å². The first-order chi connectivity index (χ1) is 8.89. The number of rotatable bonds is 6. The second-order valence-corrected chi connectivity index (χ2v) is 5.35. The monoisotopic (exact) mass is 293 g/mol. The Morgan fingerprint density at radius 1 is 1.37 bits per heavy atom. The highest BCUT2D eigenvalue weighted by atomic mass is 32.2. The van der Waals surface area contributed by atoms with Gasteiger partial charge in [0.05, 0.1) is 17.2 Å². The number of hydrogen-bond acceptors (Lipinski definition) is 5. The SMILES string of the molecule is CCOC(=O)CNc1ccccc1S(=O)(=O)C(F)F. The fourth-order valence-corrected chi connectivity index (χ4v) is 2.24. The Hall–Kier alpha value is -1.70. The molecule has 0 atom stereocenters. The second kappa shape index (κ2) is 6.46. The van der Waals surface area contributed by atoms with Crippen molar-refractivity contribution < 1.29 is 26.7 Å². The molecule has 0 amide bonds. The largest absolute Gasteiger partial charge is 0.465 e. The molecule has 0 aliphatic carbocycles. The Morgan fingerprint density at radius 3 is 2.58 bits per heavy atom. The van der Waals surface area contributed by atoms with E-state index in [9.17, 15) is 22.0 Å². The normalized spacial score (nSPS) is 11.4. The van der Waals surface area contributed by atoms with Gasteiger partial charge in [0, 0.05) is 0 Å². The number of benzene rings is 1. The second-order valence-electron chi connectivity index (χ2n) is 3.46. The van der Waals surface area contributed by atoms with Crippen LogP contribution in [0.3, 0.4) is 0 Å². The number of carbonyl (C=O) groups excluding carboxylic acids is 1. The number of para-hydroxylation sites is 1. The van der Waals surface area contributed by atoms with Crippen LogP contribution in [0.5, 0.6) is 0 Å². The molecule has 0 saturated carbocycles. The fraction of sp³-hybridized carbons (Fsp3) is 0.364. The summed E-state index contributed by atoms with van der Waals surface area (Å²) in [6, 6.07) is 5.15. The molecule has 8 heteroatoms. The van der Waals surface area contributed by atoms with Crippen molar-refractivity contribution in [3.05, 3.63) is 24.3 Å². The van der Waals surface area contributed by atoms with Crippen molar-refractivity contribution in [3.63, 3.8) is 0 Å². The number of carbonyl (C=O) groups is 1. The maximum Gasteiger partial charge on any atom is 0.341 e. The smallest absolute Gasteiger partial charge is 0.341 e. The number of esters is 1. The Balaban J connectivity index is 2.95. The van der Waals surface area contributed by atoms with Gasteiger partial charge in [-0.3, -0.25) is 4.79 Å². The molecule has 0 radical (unpaired) electrons. The van der Waals surface area contributed by atoms with Crippen molar-refractivity contribution in [2.75, 3.05) is 18.5 Å². The minimum atomic E-state index is -4.72. The van der Waals surface area contributed by atoms with Gasteiger partial charge in [0.1, 0.15) is 6.54 Å². The van der Waals surface area contributed by atoms with Gasteiger partial charge in [0.25, 0.3) is 0 Å². The third kappa shape index (κ3) is 3.88. The zero-order chi connectivity index (χ0) is 14.5. The summed E-state index contributed by atoms with van der Waals surface area (Å²) in [5.74, 6) is -4.12. The fourth-order valence-electron chi connectivity index (χ4n) is 1.34. The zero-order valence-corrected chi connectivity index (χ0v) is 10.9. The molecule has 0 heterocycles. The summed E-state index contributed by atoms with van der Waals surface area (Å²) < 4.78 is 52.5. The highest BCUT2D eigenvalue weighted by molar-refractivity contribution is 7.91. The van der Waals surface area contributed by atoms with Crippen LogP contribution in [-0.4, -0.2) is 33.3 Å². The number of ether oxygens (including phenoxy) is 1. The lowest BCUT2D eigenvalue weighted by Gasteiger charge is -2.11. The third-order valence-corrected chi connectivity index (χ3v) is 3.59. The molecule has 0 fully saturated rings. The number of sulfone groups is 1. The molecule has 0 spiro atoms. The number of nitrogens with one attached hydrogen (secondary N) is 1. The van der Waals surface area contributed by atoms with Gasteiger partial charge in [0.15, 0.2) is 0 Å². The van der Waals surface area contributed by atoms with E-state index < -0.39 is 26.5 Å². The Kier molecular flexibility index (Phi) is 5.22. The van der Waals surface area contributed by atoms with Gasteiger partial charge in [-0.2, -0.15) is 8.78 Å². The first-order valence-electron chi connectivity index (χ1n) is 5.40. The molecule has 1 aromatic rings. The van der Waals surface area contributed by atoms with E-state index in [0.29, 0.717) is 0 Å². The standard InChI is InChI=1S/C11H13F2NO4S/c1-2-18-10(15)7-14-8-5-3-4-6-9(8)19(16,17)11(12)13/h3-6,11,14H,2,7H2,1H3. The molecule has 0 aliphatic heterocycles. The average Bonchev–Trinajstić information content (AvgIpc) is 2.37. The predicted octanol–water partition coefficient (Wildman–Crippen LogP) is 1.66. The third-order valence-electron chi connectivity index (χ3n) is 2.16. The molecule has 1 N–H and O–H groups in total. The lowest BCUT2D eigenvalue weighted by Crippen LogP contribution is -2.19. The lowest BCUT2D eigenvalue weighted by molar-refractivity contribution is -0.140. The van der Waals surface area contributed by atoms with E-state index in [1.54, 1.807) is 6.92 Å². The van der Waals surface area contributed by atoms with Gasteiger partial charge in [-0.25, -0.2) is 8.42 Å². The minimum absolute atomic E-state index is 0.0594. The Labute approximate surface area is 109 Å². The summed E-state index contributed by atoms with van der Waals surface area (Å²) in [5.41, 5.74) is -0.0594. The Bertz CT molecular complexity index is 545. The molecule has 0 aliphatic rings. The van der Waals surface area contributed by atoms with Crippen molar-refractivity contribution in [2.45, 2.75) is 17.6 Å². The molecule has 5 nitrogen and oxygen atoms in total. The topological polar surface area (TPSA) is 72.5 Å². The van der Waals surface area contributed by atoms with Crippen LogP contribution in [0.15, 0.2) is 29.2 Å². The number of hydrogen-bond donors (Lipinski definition) is 1. The first-order valence-corrected chi connectivity index (χ1v) is 6.94. The number of halogens is 2. The molecule has 0 aromatic heterocycles. The highest BCUT2D eigenvalue weighted by Gasteiger charge is 2.29. The molecule has 0 bridgehead atoms. The number of alkyl halides is 2. The van der Waals surface area contributed by atoms with Gasteiger partial charge in [-0.1, -0.05) is 12.1 Å². The van der Waals surface area contributed by atoms with E-state index in [1.807, 2.05) is 0 Å². The number of anilines is 1. The molecular weight excluding hydrogens is 280 g/mol. The maximum atomic E-state index is 12.5. The quantitative estimate of drug-likeness (QED) is 0.808. The van der Waals surface area contributed by atoms with Crippen molar-refractivity contribution in [1.82, 2.24) is 0 Å². The van der Waals surface area contributed by atoms with Crippen molar-refractivity contribution in [1.29, 1.82) is 0 Å². The van der Waals surface area contributed by atoms with Crippen molar-refractivity contribution >= 4 is 21.5 Å². The van der Waals surface area contributed by atoms with Crippen LogP contribution >= 0.6 is 0 Å². The van der Waals surface area contributed by atoms with Crippen LogP contribution in [-0.2, 0) is 19.4 Å². The van der Waals surface area contributed by atoms with Crippen LogP contribution in [0, 0.1) is 0 Å². The maximum absolute atomic E-state index is 12.5. The van der Waals surface area contributed by atoms with Crippen LogP contribution in [0.2, 0.25) is 0 Å². The average molecular weight is 293 g/mol. The first kappa shape index (κ1) is 15.4. The highest BCUT2D eigenvalue weighted by Crippen LogP contribution is 2.25. The summed E-state index contributed by atoms with van der Waals surface area (Å²) in [6.45, 7) is 1.49. The minimum Gasteiger partial charge on any atom is -0.465 e. The molecule has 1 aromatic carbocycles. The summed E-state index contributed by atoms with van der Waals surface area (Å²) in [5, 5.41) is 2.47. The van der Waals surface area contributed by atoms with E-state index in [4.69, 9.17) is 0 Å². The van der Waals surface area contributed by atoms with Crippen molar-refractivity contribution in [2.24, 2.45) is 0 Å². The van der Waals surface area contributed by atoms with E-state index >= 15 is 0 Å². The molecule has 1 rings (SSSR count). The summed E-state index contributed by atoms with van der Waals surface area (Å²) in [4.78, 5) is 10.6. The van der Waals surface area contributed by atoms with E-state index in [-0.39, 0.29) is 18.8 Å². The van der Waals surface area contributed by atoms with Crippen LogP contribution in [0.1, 0.15) is 6.92 Å². The van der Waals surface area contributed by atoms with Gasteiger partial charge < -0.3 is 10.1 Å². The molecule has 0 saturated heterocycles. The van der Waals surface area contributed by atoms with E-state index in [0.717, 1.165) is 6.07 Å². The molecule has 0 unspecified atom stereocenters. The molecule has 106 valence electrons. The molecule has 19 heavy (non-hydrogen) atoms. The predicted molar refractivity (Wildman–Crippen MR) is 64.8 cm³/mol. The van der Waals surface area contributed by atoms with Crippen LogP contribution in [0.4, 0.5) is 14.5 Å². The summed E-state index contributed by atoms with van der Waals surface area (Å²) in [7, 11) is -4.72.